The molecule has 0 saturated heterocycles. The van der Waals surface area contributed by atoms with Crippen molar-refractivity contribution in [2.45, 2.75) is 41.5 Å². The smallest absolute Gasteiger partial charge is 0.428 e. The van der Waals surface area contributed by atoms with Gasteiger partial charge < -0.3 is 27.6 Å². The Bertz CT molecular complexity index is 1290. The van der Waals surface area contributed by atoms with Gasteiger partial charge in [-0.2, -0.15) is 0 Å². The molecule has 0 spiro atoms. The molecule has 0 aliphatic rings. The molecule has 0 unspecified atom stereocenters. The maximum absolute atomic E-state index is 4.33. The SMILES string of the molecule is Cc1ccn([BH2-]n2ccc(C)n2)n1.Cc1ccn([BH2-]n2ccc(C)n2)n1.Cc1ccn([BH2-]n2ccc(C)n2)n1.[Ho+3]. The first kappa shape index (κ1) is 31.2. The third kappa shape index (κ3) is 10.0. The van der Waals surface area contributed by atoms with Gasteiger partial charge in [-0.25, -0.2) is 30.6 Å². The third-order valence-electron chi connectivity index (χ3n) is 6.31. The predicted octanol–water partition coefficient (Wildman–Crippen LogP) is 0.275. The van der Waals surface area contributed by atoms with Crippen LogP contribution in [0.25, 0.3) is 0 Å². The van der Waals surface area contributed by atoms with Crippen LogP contribution in [-0.2, 0) is 0 Å². The van der Waals surface area contributed by atoms with Crippen molar-refractivity contribution in [2.75, 3.05) is 0 Å². The van der Waals surface area contributed by atoms with E-state index in [0.717, 1.165) is 34.2 Å². The fourth-order valence-corrected chi connectivity index (χ4v) is 4.49. The number of hydrogen-bond donors (Lipinski definition) is 0. The van der Waals surface area contributed by atoms with Crippen LogP contribution in [0.5, 0.6) is 0 Å². The average molecular weight is 690 g/mol. The van der Waals surface area contributed by atoms with Crippen molar-refractivity contribution >= 4 is 22.6 Å². The Kier molecular flexibility index (Phi) is 11.7. The third-order valence-corrected chi connectivity index (χ3v) is 6.31. The first-order chi connectivity index (χ1) is 18.7. The summed E-state index contributed by atoms with van der Waals surface area (Å²) in [5.41, 5.74) is 6.38. The summed E-state index contributed by atoms with van der Waals surface area (Å²) in [5.74, 6) is 0. The van der Waals surface area contributed by atoms with Gasteiger partial charge in [-0.3, -0.25) is 0 Å². The zero-order chi connectivity index (χ0) is 27.8. The summed E-state index contributed by atoms with van der Waals surface area (Å²) >= 11 is 0. The maximum Gasteiger partial charge on any atom is 3.00 e. The molecule has 0 bridgehead atoms. The van der Waals surface area contributed by atoms with E-state index in [0.29, 0.717) is 0 Å². The molecule has 16 heteroatoms. The van der Waals surface area contributed by atoms with Crippen molar-refractivity contribution in [1.29, 1.82) is 0 Å². The molecule has 0 atom stereocenters. The Balaban J connectivity index is 0.000000163. The molecule has 0 radical (unpaired) electrons. The van der Waals surface area contributed by atoms with Crippen molar-refractivity contribution in [3.63, 3.8) is 0 Å². The van der Waals surface area contributed by atoms with Crippen LogP contribution < -0.4 is 0 Å². The molecule has 40 heavy (non-hydrogen) atoms. The minimum atomic E-state index is -0.455. The molecule has 0 amide bonds. The molecule has 0 saturated carbocycles. The number of rotatable bonds is 6. The molecule has 6 heterocycles. The number of aryl methyl sites for hydroxylation is 6. The average Bonchev–Trinajstić information content (AvgIpc) is 3.72. The molecule has 0 aromatic carbocycles. The molecule has 0 aliphatic carbocycles. The quantitative estimate of drug-likeness (QED) is 0.233. The zero-order valence-corrected chi connectivity index (χ0v) is 26.5. The Morgan fingerprint density at radius 2 is 0.500 bits per heavy atom. The van der Waals surface area contributed by atoms with Crippen LogP contribution in [0, 0.1) is 79.3 Å². The van der Waals surface area contributed by atoms with E-state index in [2.05, 4.69) is 30.6 Å². The second-order valence-corrected chi connectivity index (χ2v) is 10.4. The minimum Gasteiger partial charge on any atom is -0.428 e. The van der Waals surface area contributed by atoms with Crippen LogP contribution in [0.15, 0.2) is 73.6 Å². The zero-order valence-electron chi connectivity index (χ0n) is 24.6. The number of aromatic nitrogens is 12. The standard InChI is InChI=1S/3C8H12BN4.Ho/c3*1-7-3-5-12(10-7)9-13-6-4-8(2)11-13;/h3*3-6H,9H2,1-2H3;/q3*-1;+3. The summed E-state index contributed by atoms with van der Waals surface area (Å²) in [6, 6.07) is 12.1. The van der Waals surface area contributed by atoms with Gasteiger partial charge in [0.2, 0.25) is 0 Å². The largest absolute Gasteiger partial charge is 3.00 e. The van der Waals surface area contributed by atoms with E-state index < -0.39 is 22.6 Å². The molecule has 12 nitrogen and oxygen atoms in total. The Morgan fingerprint density at radius 3 is 0.600 bits per heavy atom. The summed E-state index contributed by atoms with van der Waals surface area (Å²) in [6.45, 7) is 12.0. The molecule has 0 N–H and O–H groups in total. The normalized spacial score (nSPS) is 10.3. The molecule has 212 valence electrons. The molecular formula is C24H36B3HoN12. The van der Waals surface area contributed by atoms with Crippen LogP contribution in [-0.4, -0.2) is 80.8 Å². The Hall–Kier alpha value is -3.29. The fourth-order valence-electron chi connectivity index (χ4n) is 4.49. The summed E-state index contributed by atoms with van der Waals surface area (Å²) in [6.07, 6.45) is 12.0. The van der Waals surface area contributed by atoms with Crippen molar-refractivity contribution in [2.24, 2.45) is 0 Å². The van der Waals surface area contributed by atoms with Crippen LogP contribution in [0.4, 0.5) is 0 Å². The van der Waals surface area contributed by atoms with Gasteiger partial charge in [-0.1, -0.05) is 0 Å². The second kappa shape index (κ2) is 14.9. The van der Waals surface area contributed by atoms with Crippen molar-refractivity contribution in [1.82, 2.24) is 58.1 Å². The van der Waals surface area contributed by atoms with Crippen LogP contribution in [0.3, 0.4) is 0 Å². The van der Waals surface area contributed by atoms with E-state index in [1.807, 2.05) is 143 Å². The maximum atomic E-state index is 4.33. The summed E-state index contributed by atoms with van der Waals surface area (Å²) in [4.78, 5) is 0. The summed E-state index contributed by atoms with van der Waals surface area (Å²) in [7, 11) is -1.37. The van der Waals surface area contributed by atoms with Crippen LogP contribution >= 0.6 is 0 Å². The fraction of sp³-hybridized carbons (Fsp3) is 0.250. The van der Waals surface area contributed by atoms with E-state index in [9.17, 15) is 0 Å². The molecule has 6 aromatic rings. The monoisotopic (exact) mass is 690 g/mol. The van der Waals surface area contributed by atoms with Gasteiger partial charge in [0.1, 0.15) is 0 Å². The first-order valence-corrected chi connectivity index (χ1v) is 13.5. The van der Waals surface area contributed by atoms with E-state index in [4.69, 9.17) is 0 Å². The topological polar surface area (TPSA) is 107 Å². The molecule has 0 aliphatic heterocycles. The molecule has 0 fully saturated rings. The van der Waals surface area contributed by atoms with E-state index >= 15 is 0 Å². The van der Waals surface area contributed by atoms with Crippen molar-refractivity contribution in [3.8, 4) is 0 Å². The molecule has 6 rings (SSSR count). The summed E-state index contributed by atoms with van der Waals surface area (Å²) in [5, 5.41) is 26.0. The second-order valence-electron chi connectivity index (χ2n) is 10.4. The van der Waals surface area contributed by atoms with Gasteiger partial charge in [-0.05, 0) is 115 Å². The van der Waals surface area contributed by atoms with E-state index in [1.54, 1.807) is 0 Å². The van der Waals surface area contributed by atoms with Crippen LogP contribution in [0.2, 0.25) is 0 Å². The van der Waals surface area contributed by atoms with Gasteiger partial charge in [0, 0.05) is 0 Å². The van der Waals surface area contributed by atoms with E-state index in [-0.39, 0.29) is 37.7 Å². The van der Waals surface area contributed by atoms with Gasteiger partial charge in [0.05, 0.1) is 34.2 Å². The van der Waals surface area contributed by atoms with Crippen LogP contribution in [0.1, 0.15) is 34.2 Å². The van der Waals surface area contributed by atoms with Gasteiger partial charge in [-0.15, -0.1) is 0 Å². The van der Waals surface area contributed by atoms with Gasteiger partial charge >= 0.3 is 37.7 Å². The van der Waals surface area contributed by atoms with Gasteiger partial charge in [0.25, 0.3) is 0 Å². The molecular weight excluding hydrogens is 654 g/mol. The molecule has 6 aromatic heterocycles. The van der Waals surface area contributed by atoms with Crippen molar-refractivity contribution in [3.05, 3.63) is 108 Å². The predicted molar refractivity (Wildman–Crippen MR) is 160 cm³/mol. The Labute approximate surface area is 266 Å². The number of nitrogens with zero attached hydrogens (tertiary/aromatic N) is 12. The Morgan fingerprint density at radius 1 is 0.350 bits per heavy atom. The summed E-state index contributed by atoms with van der Waals surface area (Å²) < 4.78 is 11.9. The number of hydrogen-bond acceptors (Lipinski definition) is 6. The first-order valence-electron chi connectivity index (χ1n) is 13.5. The van der Waals surface area contributed by atoms with Crippen molar-refractivity contribution < 1.29 is 37.7 Å². The van der Waals surface area contributed by atoms with E-state index in [1.165, 1.54) is 0 Å². The minimum absolute atomic E-state index is 0. The van der Waals surface area contributed by atoms with Gasteiger partial charge in [0.15, 0.2) is 22.6 Å².